The third-order valence-electron chi connectivity index (χ3n) is 2.23. The Morgan fingerprint density at radius 2 is 2.13 bits per heavy atom. The topological polar surface area (TPSA) is 13.1 Å². The van der Waals surface area contributed by atoms with Gasteiger partial charge in [-0.25, -0.2) is 0 Å². The Balaban J connectivity index is 2.40. The summed E-state index contributed by atoms with van der Waals surface area (Å²) in [7, 11) is 0. The molecule has 1 nitrogen and oxygen atoms in total. The maximum Gasteiger partial charge on any atom is 0.105 e. The first-order valence-electron chi connectivity index (χ1n) is 4.53. The standard InChI is InChI=1S/C11H10Br2OS/c1-6-5-8(7(2)14-6)10(13)11-9(12)3-4-15-11/h3-5,10H,1-2H3. The summed E-state index contributed by atoms with van der Waals surface area (Å²) in [6.45, 7) is 3.97. The summed E-state index contributed by atoms with van der Waals surface area (Å²) in [4.78, 5) is 1.49. The Labute approximate surface area is 110 Å². The summed E-state index contributed by atoms with van der Waals surface area (Å²) in [5, 5.41) is 2.08. The first-order valence-corrected chi connectivity index (χ1v) is 7.12. The summed E-state index contributed by atoms with van der Waals surface area (Å²) in [6, 6.07) is 4.15. The highest BCUT2D eigenvalue weighted by molar-refractivity contribution is 9.11. The van der Waals surface area contributed by atoms with Crippen LogP contribution in [0.3, 0.4) is 0 Å². The third kappa shape index (κ3) is 2.22. The van der Waals surface area contributed by atoms with Gasteiger partial charge in [0, 0.05) is 14.9 Å². The van der Waals surface area contributed by atoms with Crippen molar-refractivity contribution in [1.82, 2.24) is 0 Å². The molecule has 0 aliphatic rings. The minimum absolute atomic E-state index is 0.212. The van der Waals surface area contributed by atoms with E-state index in [0.717, 1.165) is 16.0 Å². The van der Waals surface area contributed by atoms with Crippen LogP contribution in [-0.4, -0.2) is 0 Å². The largest absolute Gasteiger partial charge is 0.466 e. The molecule has 80 valence electrons. The van der Waals surface area contributed by atoms with Crippen molar-refractivity contribution in [2.24, 2.45) is 0 Å². The number of hydrogen-bond donors (Lipinski definition) is 0. The van der Waals surface area contributed by atoms with Crippen LogP contribution in [0.1, 0.15) is 26.8 Å². The van der Waals surface area contributed by atoms with E-state index in [-0.39, 0.29) is 4.83 Å². The smallest absolute Gasteiger partial charge is 0.105 e. The molecule has 1 atom stereocenters. The van der Waals surface area contributed by atoms with E-state index in [4.69, 9.17) is 4.42 Å². The highest BCUT2D eigenvalue weighted by Gasteiger charge is 2.19. The van der Waals surface area contributed by atoms with E-state index >= 15 is 0 Å². The summed E-state index contributed by atoms with van der Waals surface area (Å²) in [6.07, 6.45) is 0. The van der Waals surface area contributed by atoms with Gasteiger partial charge in [-0.05, 0) is 47.3 Å². The van der Waals surface area contributed by atoms with Crippen LogP contribution >= 0.6 is 43.2 Å². The van der Waals surface area contributed by atoms with Crippen LogP contribution in [0.2, 0.25) is 0 Å². The molecule has 0 aliphatic heterocycles. The van der Waals surface area contributed by atoms with E-state index in [0.29, 0.717) is 0 Å². The molecule has 0 spiro atoms. The van der Waals surface area contributed by atoms with Gasteiger partial charge in [-0.15, -0.1) is 11.3 Å². The number of furan rings is 1. The molecule has 0 fully saturated rings. The predicted octanol–water partition coefficient (Wildman–Crippen LogP) is 5.20. The second-order valence-corrected chi connectivity index (χ2v) is 6.08. The van der Waals surface area contributed by atoms with Crippen molar-refractivity contribution < 1.29 is 4.42 Å². The fourth-order valence-electron chi connectivity index (χ4n) is 1.53. The van der Waals surface area contributed by atoms with Gasteiger partial charge in [0.1, 0.15) is 11.5 Å². The van der Waals surface area contributed by atoms with E-state index < -0.39 is 0 Å². The van der Waals surface area contributed by atoms with Crippen molar-refractivity contribution in [3.8, 4) is 0 Å². The summed E-state index contributed by atoms with van der Waals surface area (Å²) < 4.78 is 6.68. The van der Waals surface area contributed by atoms with Gasteiger partial charge in [0.15, 0.2) is 0 Å². The zero-order valence-corrected chi connectivity index (χ0v) is 12.4. The van der Waals surface area contributed by atoms with Crippen molar-refractivity contribution in [2.75, 3.05) is 0 Å². The molecule has 0 bridgehead atoms. The number of halogens is 2. The number of alkyl halides is 1. The lowest BCUT2D eigenvalue weighted by Gasteiger charge is -2.06. The minimum Gasteiger partial charge on any atom is -0.466 e. The van der Waals surface area contributed by atoms with Crippen LogP contribution < -0.4 is 0 Å². The van der Waals surface area contributed by atoms with Gasteiger partial charge < -0.3 is 4.42 Å². The Kier molecular flexibility index (Phi) is 3.38. The monoisotopic (exact) mass is 348 g/mol. The molecule has 15 heavy (non-hydrogen) atoms. The molecule has 0 aromatic carbocycles. The van der Waals surface area contributed by atoms with E-state index in [2.05, 4.69) is 49.4 Å². The zero-order valence-electron chi connectivity index (χ0n) is 8.38. The van der Waals surface area contributed by atoms with Gasteiger partial charge >= 0.3 is 0 Å². The molecular weight excluding hydrogens is 340 g/mol. The van der Waals surface area contributed by atoms with E-state index in [1.165, 1.54) is 10.4 Å². The molecule has 0 saturated heterocycles. The molecule has 0 amide bonds. The van der Waals surface area contributed by atoms with Crippen LogP contribution in [-0.2, 0) is 0 Å². The number of rotatable bonds is 2. The molecule has 1 unspecified atom stereocenters. The fourth-order valence-corrected chi connectivity index (χ4v) is 4.46. The van der Waals surface area contributed by atoms with Crippen molar-refractivity contribution in [2.45, 2.75) is 18.7 Å². The first kappa shape index (κ1) is 11.4. The SMILES string of the molecule is Cc1cc(C(Br)c2sccc2Br)c(C)o1. The second kappa shape index (κ2) is 4.44. The van der Waals surface area contributed by atoms with Gasteiger partial charge in [0.2, 0.25) is 0 Å². The van der Waals surface area contributed by atoms with E-state index in [9.17, 15) is 0 Å². The lowest BCUT2D eigenvalue weighted by molar-refractivity contribution is 0.502. The van der Waals surface area contributed by atoms with E-state index in [1.807, 2.05) is 13.8 Å². The van der Waals surface area contributed by atoms with Crippen molar-refractivity contribution in [3.05, 3.63) is 43.9 Å². The predicted molar refractivity (Wildman–Crippen MR) is 71.0 cm³/mol. The Bertz CT molecular complexity index is 473. The van der Waals surface area contributed by atoms with Crippen LogP contribution in [0.25, 0.3) is 0 Å². The van der Waals surface area contributed by atoms with Gasteiger partial charge in [0.05, 0.1) is 4.83 Å². The molecule has 4 heteroatoms. The average Bonchev–Trinajstić information content (AvgIpc) is 2.71. The Morgan fingerprint density at radius 3 is 2.60 bits per heavy atom. The summed E-state index contributed by atoms with van der Waals surface area (Å²) >= 11 is 8.99. The molecule has 2 rings (SSSR count). The lowest BCUT2D eigenvalue weighted by atomic mass is 10.1. The highest BCUT2D eigenvalue weighted by atomic mass is 79.9. The molecule has 2 aromatic rings. The molecule has 0 saturated carbocycles. The normalized spacial score (nSPS) is 13.1. The number of hydrogen-bond acceptors (Lipinski definition) is 2. The molecule has 0 radical (unpaired) electrons. The van der Waals surface area contributed by atoms with Crippen LogP contribution in [0.4, 0.5) is 0 Å². The van der Waals surface area contributed by atoms with E-state index in [1.54, 1.807) is 11.3 Å². The van der Waals surface area contributed by atoms with Crippen LogP contribution in [0, 0.1) is 13.8 Å². The Morgan fingerprint density at radius 1 is 1.40 bits per heavy atom. The molecule has 2 aromatic heterocycles. The molecular formula is C11H10Br2OS. The summed E-state index contributed by atoms with van der Waals surface area (Å²) in [5.41, 5.74) is 1.20. The van der Waals surface area contributed by atoms with Crippen LogP contribution in [0.15, 0.2) is 26.4 Å². The van der Waals surface area contributed by atoms with Gasteiger partial charge in [-0.3, -0.25) is 0 Å². The molecule has 2 heterocycles. The van der Waals surface area contributed by atoms with Gasteiger partial charge in [-0.1, -0.05) is 15.9 Å². The number of thiophene rings is 1. The molecule has 0 N–H and O–H groups in total. The van der Waals surface area contributed by atoms with Gasteiger partial charge in [-0.2, -0.15) is 0 Å². The minimum atomic E-state index is 0.212. The lowest BCUT2D eigenvalue weighted by Crippen LogP contribution is -1.90. The number of aryl methyl sites for hydroxylation is 2. The fraction of sp³-hybridized carbons (Fsp3) is 0.273. The first-order chi connectivity index (χ1) is 7.09. The molecule has 0 aliphatic carbocycles. The summed E-state index contributed by atoms with van der Waals surface area (Å²) in [5.74, 6) is 1.94. The van der Waals surface area contributed by atoms with Crippen molar-refractivity contribution in [1.29, 1.82) is 0 Å². The second-order valence-electron chi connectivity index (χ2n) is 3.36. The maximum absolute atomic E-state index is 5.53. The third-order valence-corrected chi connectivity index (χ3v) is 5.42. The quantitative estimate of drug-likeness (QED) is 0.678. The highest BCUT2D eigenvalue weighted by Crippen LogP contribution is 2.40. The maximum atomic E-state index is 5.53. The van der Waals surface area contributed by atoms with Gasteiger partial charge in [0.25, 0.3) is 0 Å². The average molecular weight is 350 g/mol. The van der Waals surface area contributed by atoms with Crippen molar-refractivity contribution >= 4 is 43.2 Å². The zero-order chi connectivity index (χ0) is 11.0. The Hall–Kier alpha value is -0.0600. The van der Waals surface area contributed by atoms with Crippen LogP contribution in [0.5, 0.6) is 0 Å². The van der Waals surface area contributed by atoms with Crippen molar-refractivity contribution in [3.63, 3.8) is 0 Å².